The minimum Gasteiger partial charge on any atom is -0.300 e. The molecule has 1 rings (SSSR count). The molecular formula is C10H18ClNO2S. The van der Waals surface area contributed by atoms with Gasteiger partial charge in [-0.2, -0.15) is 0 Å². The van der Waals surface area contributed by atoms with E-state index in [1.807, 2.05) is 0 Å². The van der Waals surface area contributed by atoms with Crippen molar-refractivity contribution in [1.82, 2.24) is 4.90 Å². The first-order valence-corrected chi connectivity index (χ1v) is 7.51. The molecule has 15 heavy (non-hydrogen) atoms. The Balaban J connectivity index is 2.69. The lowest BCUT2D eigenvalue weighted by Crippen LogP contribution is -2.40. The monoisotopic (exact) mass is 251 g/mol. The standard InChI is InChI=1S/C10H18ClNO2S/c1-8(2)12-6-4-5-10(7-12)9(3)15(11,13)14/h8,10H,3-7H2,1-2H3. The van der Waals surface area contributed by atoms with Crippen LogP contribution in [0.5, 0.6) is 0 Å². The highest BCUT2D eigenvalue weighted by Crippen LogP contribution is 2.28. The molecule has 1 saturated heterocycles. The molecule has 0 aromatic rings. The third-order valence-electron chi connectivity index (χ3n) is 2.95. The first-order valence-electron chi connectivity index (χ1n) is 5.20. The maximum atomic E-state index is 11.2. The second-order valence-corrected chi connectivity index (χ2v) is 6.95. The summed E-state index contributed by atoms with van der Waals surface area (Å²) in [5.74, 6) is -0.0105. The first-order chi connectivity index (χ1) is 6.82. The topological polar surface area (TPSA) is 37.4 Å². The summed E-state index contributed by atoms with van der Waals surface area (Å²) in [5.41, 5.74) is 0. The van der Waals surface area contributed by atoms with Crippen molar-refractivity contribution < 1.29 is 8.42 Å². The summed E-state index contributed by atoms with van der Waals surface area (Å²) >= 11 is 0. The van der Waals surface area contributed by atoms with Crippen LogP contribution in [0.1, 0.15) is 26.7 Å². The molecule has 0 aromatic heterocycles. The van der Waals surface area contributed by atoms with E-state index < -0.39 is 9.05 Å². The van der Waals surface area contributed by atoms with Crippen molar-refractivity contribution in [3.8, 4) is 0 Å². The fraction of sp³-hybridized carbons (Fsp3) is 0.800. The van der Waals surface area contributed by atoms with Crippen molar-refractivity contribution in [2.45, 2.75) is 32.7 Å². The number of hydrogen-bond acceptors (Lipinski definition) is 3. The number of nitrogens with zero attached hydrogens (tertiary/aromatic N) is 1. The van der Waals surface area contributed by atoms with Gasteiger partial charge in [-0.1, -0.05) is 6.58 Å². The molecule has 1 unspecified atom stereocenters. The van der Waals surface area contributed by atoms with Crippen LogP contribution < -0.4 is 0 Å². The van der Waals surface area contributed by atoms with E-state index in [4.69, 9.17) is 10.7 Å². The Bertz CT molecular complexity index is 337. The normalized spacial score (nSPS) is 24.4. The fourth-order valence-electron chi connectivity index (χ4n) is 1.94. The Morgan fingerprint density at radius 1 is 1.53 bits per heavy atom. The number of piperidine rings is 1. The van der Waals surface area contributed by atoms with Crippen molar-refractivity contribution in [3.05, 3.63) is 11.5 Å². The molecule has 0 spiro atoms. The van der Waals surface area contributed by atoms with Crippen molar-refractivity contribution in [2.75, 3.05) is 13.1 Å². The van der Waals surface area contributed by atoms with Gasteiger partial charge in [0.2, 0.25) is 0 Å². The van der Waals surface area contributed by atoms with Gasteiger partial charge in [-0.05, 0) is 33.2 Å². The van der Waals surface area contributed by atoms with Crippen molar-refractivity contribution >= 4 is 19.7 Å². The van der Waals surface area contributed by atoms with Crippen LogP contribution in [-0.2, 0) is 9.05 Å². The lowest BCUT2D eigenvalue weighted by Gasteiger charge is -2.35. The zero-order chi connectivity index (χ0) is 11.6. The van der Waals surface area contributed by atoms with E-state index >= 15 is 0 Å². The average molecular weight is 252 g/mol. The van der Waals surface area contributed by atoms with Gasteiger partial charge in [-0.15, -0.1) is 0 Å². The van der Waals surface area contributed by atoms with Gasteiger partial charge in [-0.25, -0.2) is 8.42 Å². The third kappa shape index (κ3) is 3.47. The van der Waals surface area contributed by atoms with Gasteiger partial charge >= 0.3 is 0 Å². The van der Waals surface area contributed by atoms with E-state index in [2.05, 4.69) is 25.3 Å². The van der Waals surface area contributed by atoms with Crippen LogP contribution in [-0.4, -0.2) is 32.4 Å². The number of rotatable bonds is 3. The number of halogens is 1. The molecule has 5 heteroatoms. The fourth-order valence-corrected chi connectivity index (χ4v) is 2.91. The highest BCUT2D eigenvalue weighted by molar-refractivity contribution is 8.16. The maximum absolute atomic E-state index is 11.2. The van der Waals surface area contributed by atoms with E-state index in [9.17, 15) is 8.42 Å². The highest BCUT2D eigenvalue weighted by atomic mass is 35.7. The van der Waals surface area contributed by atoms with Crippen LogP contribution >= 0.6 is 10.7 Å². The lowest BCUT2D eigenvalue weighted by atomic mass is 9.97. The van der Waals surface area contributed by atoms with E-state index in [0.717, 1.165) is 25.9 Å². The van der Waals surface area contributed by atoms with E-state index in [1.165, 1.54) is 0 Å². The van der Waals surface area contributed by atoms with Crippen molar-refractivity contribution in [2.24, 2.45) is 5.92 Å². The molecule has 0 aromatic carbocycles. The van der Waals surface area contributed by atoms with Gasteiger partial charge in [-0.3, -0.25) is 0 Å². The van der Waals surface area contributed by atoms with E-state index in [0.29, 0.717) is 6.04 Å². The van der Waals surface area contributed by atoms with Gasteiger partial charge < -0.3 is 4.90 Å². The molecule has 0 amide bonds. The molecule has 3 nitrogen and oxygen atoms in total. The predicted octanol–water partition coefficient (Wildman–Crippen LogP) is 2.19. The molecule has 1 aliphatic heterocycles. The molecule has 1 heterocycles. The van der Waals surface area contributed by atoms with E-state index in [-0.39, 0.29) is 10.8 Å². The summed E-state index contributed by atoms with van der Waals surface area (Å²) in [7, 11) is 1.70. The molecule has 0 saturated carbocycles. The third-order valence-corrected chi connectivity index (χ3v) is 4.51. The Kier molecular flexibility index (Phi) is 4.20. The molecule has 88 valence electrons. The largest absolute Gasteiger partial charge is 0.300 e. The Hall–Kier alpha value is -0.0600. The SMILES string of the molecule is C=C(C1CCCN(C(C)C)C1)S(=O)(=O)Cl. The van der Waals surface area contributed by atoms with Crippen LogP contribution in [0.25, 0.3) is 0 Å². The van der Waals surface area contributed by atoms with Crippen LogP contribution in [0.4, 0.5) is 0 Å². The molecule has 0 radical (unpaired) electrons. The zero-order valence-electron chi connectivity index (χ0n) is 9.24. The molecule has 1 atom stereocenters. The van der Waals surface area contributed by atoms with E-state index in [1.54, 1.807) is 0 Å². The summed E-state index contributed by atoms with van der Waals surface area (Å²) in [6, 6.07) is 0.443. The van der Waals surface area contributed by atoms with Crippen LogP contribution in [0.3, 0.4) is 0 Å². The number of likely N-dealkylation sites (tertiary alicyclic amines) is 1. The van der Waals surface area contributed by atoms with Gasteiger partial charge in [0, 0.05) is 29.2 Å². The summed E-state index contributed by atoms with van der Waals surface area (Å²) < 4.78 is 22.3. The molecule has 1 aliphatic rings. The highest BCUT2D eigenvalue weighted by Gasteiger charge is 2.28. The predicted molar refractivity (Wildman–Crippen MR) is 63.3 cm³/mol. The van der Waals surface area contributed by atoms with Gasteiger partial charge in [0.1, 0.15) is 0 Å². The molecule has 1 fully saturated rings. The van der Waals surface area contributed by atoms with Crippen LogP contribution in [0, 0.1) is 5.92 Å². The second kappa shape index (κ2) is 4.85. The molecule has 0 bridgehead atoms. The molecule has 0 aliphatic carbocycles. The molecular weight excluding hydrogens is 234 g/mol. The Morgan fingerprint density at radius 2 is 2.13 bits per heavy atom. The Labute approximate surface area is 96.5 Å². The smallest absolute Gasteiger partial charge is 0.257 e. The van der Waals surface area contributed by atoms with Crippen LogP contribution in [0.2, 0.25) is 0 Å². The first kappa shape index (κ1) is 13.0. The quantitative estimate of drug-likeness (QED) is 0.722. The summed E-state index contributed by atoms with van der Waals surface area (Å²) in [6.07, 6.45) is 1.88. The minimum atomic E-state index is -3.60. The average Bonchev–Trinajstić information content (AvgIpc) is 2.15. The zero-order valence-corrected chi connectivity index (χ0v) is 10.8. The van der Waals surface area contributed by atoms with Crippen molar-refractivity contribution in [3.63, 3.8) is 0 Å². The Morgan fingerprint density at radius 3 is 2.60 bits per heavy atom. The maximum Gasteiger partial charge on any atom is 0.257 e. The summed E-state index contributed by atoms with van der Waals surface area (Å²) in [5, 5.41) is 0. The van der Waals surface area contributed by atoms with Gasteiger partial charge in [0.15, 0.2) is 0 Å². The van der Waals surface area contributed by atoms with Crippen molar-refractivity contribution in [1.29, 1.82) is 0 Å². The second-order valence-electron chi connectivity index (χ2n) is 4.33. The lowest BCUT2D eigenvalue weighted by molar-refractivity contribution is 0.156. The van der Waals surface area contributed by atoms with Crippen LogP contribution in [0.15, 0.2) is 11.5 Å². The summed E-state index contributed by atoms with van der Waals surface area (Å²) in [6.45, 7) is 9.60. The number of hydrogen-bond donors (Lipinski definition) is 0. The van der Waals surface area contributed by atoms with Gasteiger partial charge in [0.25, 0.3) is 9.05 Å². The minimum absolute atomic E-state index is 0.0105. The molecule has 0 N–H and O–H groups in total. The van der Waals surface area contributed by atoms with Gasteiger partial charge in [0.05, 0.1) is 4.91 Å². The summed E-state index contributed by atoms with van der Waals surface area (Å²) in [4.78, 5) is 2.44.